The van der Waals surface area contributed by atoms with Gasteiger partial charge in [0, 0.05) is 75.5 Å². The molecule has 3 aliphatic heterocycles. The third kappa shape index (κ3) is 7.72. The van der Waals surface area contributed by atoms with Crippen molar-refractivity contribution in [3.63, 3.8) is 0 Å². The monoisotopic (exact) mass is 858 g/mol. The van der Waals surface area contributed by atoms with Gasteiger partial charge in [0.15, 0.2) is 0 Å². The molecule has 0 aliphatic carbocycles. The molecule has 8 rings (SSSR count). The number of halogens is 1. The van der Waals surface area contributed by atoms with Crippen LogP contribution in [-0.2, 0) is 26.7 Å². The van der Waals surface area contributed by atoms with Gasteiger partial charge in [-0.1, -0.05) is 17.7 Å². The Bertz CT molecular complexity index is 2730. The Balaban J connectivity index is 0.864. The zero-order chi connectivity index (χ0) is 42.6. The number of hydrogen-bond acceptors (Lipinski definition) is 11. The summed E-state index contributed by atoms with van der Waals surface area (Å²) >= 11 is 6.17. The number of aryl methyl sites for hydroxylation is 2. The van der Waals surface area contributed by atoms with E-state index in [0.717, 1.165) is 56.5 Å². The quantitative estimate of drug-likeness (QED) is 0.186. The third-order valence-corrected chi connectivity index (χ3v) is 14.6. The molecule has 3 aromatic heterocycles. The van der Waals surface area contributed by atoms with Crippen molar-refractivity contribution < 1.29 is 18.0 Å². The van der Waals surface area contributed by atoms with Gasteiger partial charge in [0.25, 0.3) is 5.56 Å². The molecule has 16 nitrogen and oxygen atoms in total. The Kier molecular flexibility index (Phi) is 11.4. The van der Waals surface area contributed by atoms with Crippen LogP contribution in [0.2, 0.25) is 5.02 Å². The van der Waals surface area contributed by atoms with E-state index >= 15 is 0 Å². The number of hydrogen-bond donors (Lipinski definition) is 2. The number of para-hydroxylation sites is 1. The maximum atomic E-state index is 13.9. The number of sulfonamides is 1. The first kappa shape index (κ1) is 41.6. The lowest BCUT2D eigenvalue weighted by Crippen LogP contribution is -2.47. The molecule has 3 fully saturated rings. The van der Waals surface area contributed by atoms with Crippen molar-refractivity contribution in [1.82, 2.24) is 38.2 Å². The molecule has 18 heteroatoms. The van der Waals surface area contributed by atoms with E-state index in [9.17, 15) is 27.6 Å². The molecule has 0 radical (unpaired) electrons. The first-order valence-electron chi connectivity index (χ1n) is 20.6. The molecule has 0 spiro atoms. The third-order valence-electron chi connectivity index (χ3n) is 12.5. The molecule has 1 unspecified atom stereocenters. The SMILES string of the molecule is Cc1cc(S(=O)(=O)N2CCC(N(C)CC3CCN(c4cccc5c4n(C)c(=O)n5C4CCC(=O)NC4=O)CC3)CC2)ccc1Nc1ncc2cc(Cl)c(=O)n(C(C)C)c2n1. The van der Waals surface area contributed by atoms with E-state index in [1.165, 1.54) is 9.13 Å². The molecular weight excluding hydrogens is 808 g/mol. The Morgan fingerprint density at radius 3 is 2.40 bits per heavy atom. The van der Waals surface area contributed by atoms with Crippen molar-refractivity contribution in [3.8, 4) is 0 Å². The number of rotatable bonds is 10. The molecule has 60 heavy (non-hydrogen) atoms. The molecule has 0 bridgehead atoms. The summed E-state index contributed by atoms with van der Waals surface area (Å²) in [4.78, 5) is 64.7. The van der Waals surface area contributed by atoms with Crippen LogP contribution in [-0.4, -0.2) is 98.9 Å². The standard InChI is InChI=1S/C42H51ClN10O6S/c1-25(2)52-38-28(22-31(43)40(52)56)23-44-41(47-38)45-32-10-9-30(21-26(32)3)60(58,59)51-19-15-29(16-20-51)48(4)24-27-13-17-50(18-14-27)33-7-6-8-34-37(33)49(5)42(57)53(34)35-11-12-36(54)46-39(35)55/h6-10,21-23,25,27,29,35H,11-20,24H2,1-5H3,(H,44,45,47)(H,46,54,55). The lowest BCUT2D eigenvalue weighted by Gasteiger charge is -2.40. The van der Waals surface area contributed by atoms with Gasteiger partial charge in [0.2, 0.25) is 27.8 Å². The second-order valence-electron chi connectivity index (χ2n) is 16.7. The minimum absolute atomic E-state index is 0.100. The van der Waals surface area contributed by atoms with E-state index in [4.69, 9.17) is 11.6 Å². The number of piperidine rings is 3. The first-order chi connectivity index (χ1) is 28.6. The molecule has 3 aliphatic rings. The molecule has 2 amide bonds. The number of aromatic nitrogens is 5. The fourth-order valence-corrected chi connectivity index (χ4v) is 10.9. The maximum absolute atomic E-state index is 13.9. The zero-order valence-electron chi connectivity index (χ0n) is 34.5. The molecule has 1 atom stereocenters. The number of fused-ring (bicyclic) bond motifs is 2. The minimum Gasteiger partial charge on any atom is -0.370 e. The fourth-order valence-electron chi connectivity index (χ4n) is 9.17. The second kappa shape index (κ2) is 16.4. The summed E-state index contributed by atoms with van der Waals surface area (Å²) in [6, 6.07) is 11.7. The number of carbonyl (C=O) groups excluding carboxylic acids is 2. The van der Waals surface area contributed by atoms with E-state index in [1.807, 2.05) is 39.0 Å². The smallest absolute Gasteiger partial charge is 0.329 e. The Morgan fingerprint density at radius 2 is 1.72 bits per heavy atom. The summed E-state index contributed by atoms with van der Waals surface area (Å²) in [6.07, 6.45) is 5.51. The van der Waals surface area contributed by atoms with Gasteiger partial charge in [-0.3, -0.25) is 33.4 Å². The molecular formula is C42H51ClN10O6S. The molecule has 2 aromatic carbocycles. The number of benzene rings is 2. The van der Waals surface area contributed by atoms with Gasteiger partial charge in [-0.25, -0.2) is 18.2 Å². The van der Waals surface area contributed by atoms with E-state index in [0.29, 0.717) is 53.2 Å². The summed E-state index contributed by atoms with van der Waals surface area (Å²) in [5.74, 6) is -0.0117. The van der Waals surface area contributed by atoms with Crippen LogP contribution in [0.1, 0.15) is 70.0 Å². The van der Waals surface area contributed by atoms with Gasteiger partial charge >= 0.3 is 5.69 Å². The topological polar surface area (TPSA) is 177 Å². The summed E-state index contributed by atoms with van der Waals surface area (Å²) in [5, 5.41) is 6.31. The molecule has 5 aromatic rings. The lowest BCUT2D eigenvalue weighted by atomic mass is 9.94. The van der Waals surface area contributed by atoms with Gasteiger partial charge in [0.1, 0.15) is 16.7 Å². The van der Waals surface area contributed by atoms with Crippen molar-refractivity contribution in [2.45, 2.75) is 82.3 Å². The predicted octanol–water partition coefficient (Wildman–Crippen LogP) is 4.71. The fraction of sp³-hybridized carbons (Fsp3) is 0.476. The van der Waals surface area contributed by atoms with Crippen molar-refractivity contribution in [2.24, 2.45) is 13.0 Å². The summed E-state index contributed by atoms with van der Waals surface area (Å²) in [5.41, 5.74) is 3.65. The average molecular weight is 859 g/mol. The molecule has 3 saturated heterocycles. The van der Waals surface area contributed by atoms with Crippen LogP contribution in [0.3, 0.4) is 0 Å². The van der Waals surface area contributed by atoms with E-state index in [1.54, 1.807) is 46.4 Å². The van der Waals surface area contributed by atoms with E-state index in [-0.39, 0.29) is 51.5 Å². The van der Waals surface area contributed by atoms with Gasteiger partial charge in [-0.05, 0) is 108 Å². The van der Waals surface area contributed by atoms with Crippen LogP contribution in [0, 0.1) is 12.8 Å². The highest BCUT2D eigenvalue weighted by Gasteiger charge is 2.34. The Labute approximate surface area is 353 Å². The van der Waals surface area contributed by atoms with Crippen molar-refractivity contribution in [3.05, 3.63) is 80.1 Å². The molecule has 318 valence electrons. The van der Waals surface area contributed by atoms with E-state index < -0.39 is 22.0 Å². The van der Waals surface area contributed by atoms with Crippen molar-refractivity contribution in [1.29, 1.82) is 0 Å². The van der Waals surface area contributed by atoms with Crippen LogP contribution in [0.25, 0.3) is 22.1 Å². The summed E-state index contributed by atoms with van der Waals surface area (Å²) in [7, 11) is 0.151. The van der Waals surface area contributed by atoms with Gasteiger partial charge < -0.3 is 15.1 Å². The highest BCUT2D eigenvalue weighted by atomic mass is 35.5. The van der Waals surface area contributed by atoms with Gasteiger partial charge in [-0.2, -0.15) is 9.29 Å². The number of pyridine rings is 1. The van der Waals surface area contributed by atoms with Crippen LogP contribution in [0.15, 0.2) is 63.1 Å². The lowest BCUT2D eigenvalue weighted by molar-refractivity contribution is -0.135. The van der Waals surface area contributed by atoms with Crippen molar-refractivity contribution >= 4 is 72.8 Å². The number of anilines is 3. The Morgan fingerprint density at radius 1 is 0.983 bits per heavy atom. The second-order valence-corrected chi connectivity index (χ2v) is 19.0. The number of imidazole rings is 1. The minimum atomic E-state index is -3.72. The average Bonchev–Trinajstić information content (AvgIpc) is 3.48. The van der Waals surface area contributed by atoms with Crippen LogP contribution in [0.4, 0.5) is 17.3 Å². The first-order valence-corrected chi connectivity index (χ1v) is 22.4. The number of imide groups is 1. The zero-order valence-corrected chi connectivity index (χ0v) is 36.1. The van der Waals surface area contributed by atoms with Crippen LogP contribution in [0.5, 0.6) is 0 Å². The maximum Gasteiger partial charge on any atom is 0.329 e. The number of nitrogens with one attached hydrogen (secondary N) is 2. The van der Waals surface area contributed by atoms with Gasteiger partial charge in [-0.15, -0.1) is 0 Å². The normalized spacial score (nSPS) is 18.9. The number of carbonyl (C=O) groups is 2. The van der Waals surface area contributed by atoms with Gasteiger partial charge in [0.05, 0.1) is 21.6 Å². The molecule has 2 N–H and O–H groups in total. The van der Waals surface area contributed by atoms with Crippen LogP contribution >= 0.6 is 11.6 Å². The highest BCUT2D eigenvalue weighted by Crippen LogP contribution is 2.33. The number of nitrogens with zero attached hydrogens (tertiary/aromatic N) is 8. The predicted molar refractivity (Wildman–Crippen MR) is 232 cm³/mol. The molecule has 6 heterocycles. The summed E-state index contributed by atoms with van der Waals surface area (Å²) < 4.78 is 34.0. The van der Waals surface area contributed by atoms with E-state index in [2.05, 4.69) is 37.4 Å². The van der Waals surface area contributed by atoms with Crippen LogP contribution < -0.4 is 26.8 Å². The Hall–Kier alpha value is -5.10. The molecule has 0 saturated carbocycles. The summed E-state index contributed by atoms with van der Waals surface area (Å²) in [6.45, 7) is 9.03. The number of amides is 2. The van der Waals surface area contributed by atoms with Crippen molar-refractivity contribution in [2.75, 3.05) is 50.0 Å². The largest absolute Gasteiger partial charge is 0.370 e. The highest BCUT2D eigenvalue weighted by molar-refractivity contribution is 7.89.